The van der Waals surface area contributed by atoms with Gasteiger partial charge in [-0.25, -0.2) is 9.78 Å². The van der Waals surface area contributed by atoms with Crippen LogP contribution in [0, 0.1) is 12.8 Å². The molecule has 3 rings (SSSR count). The number of amides is 2. The molecule has 3 heterocycles. The maximum absolute atomic E-state index is 12.2. The third-order valence-electron chi connectivity index (χ3n) is 4.85. The van der Waals surface area contributed by atoms with Crippen LogP contribution in [0.5, 0.6) is 0 Å². The molecule has 0 radical (unpaired) electrons. The second-order valence-corrected chi connectivity index (χ2v) is 6.64. The summed E-state index contributed by atoms with van der Waals surface area (Å²) in [6.45, 7) is 5.94. The molecule has 128 valence electrons. The first-order chi connectivity index (χ1) is 11.2. The molecule has 23 heavy (non-hydrogen) atoms. The van der Waals surface area contributed by atoms with Crippen molar-refractivity contribution in [2.45, 2.75) is 44.9 Å². The molecule has 1 aromatic rings. The number of aryl methyl sites for hydroxylation is 1. The van der Waals surface area contributed by atoms with Crippen LogP contribution in [-0.2, 0) is 4.74 Å². The van der Waals surface area contributed by atoms with E-state index in [1.165, 1.54) is 6.42 Å². The van der Waals surface area contributed by atoms with Gasteiger partial charge in [0.1, 0.15) is 5.82 Å². The second kappa shape index (κ2) is 7.77. The summed E-state index contributed by atoms with van der Waals surface area (Å²) in [4.78, 5) is 18.6. The number of H-pyrrole nitrogens is 1. The smallest absolute Gasteiger partial charge is 0.317 e. The quantitative estimate of drug-likeness (QED) is 0.886. The van der Waals surface area contributed by atoms with Crippen molar-refractivity contribution in [1.82, 2.24) is 25.4 Å². The zero-order valence-electron chi connectivity index (χ0n) is 13.9. The van der Waals surface area contributed by atoms with E-state index >= 15 is 0 Å². The molecule has 0 aromatic carbocycles. The van der Waals surface area contributed by atoms with Crippen molar-refractivity contribution in [2.24, 2.45) is 5.92 Å². The summed E-state index contributed by atoms with van der Waals surface area (Å²) in [7, 11) is 0. The number of hydrogen-bond donors (Lipinski definition) is 2. The Bertz CT molecular complexity index is 504. The van der Waals surface area contributed by atoms with Crippen LogP contribution >= 0.6 is 0 Å². The number of piperidine rings is 1. The van der Waals surface area contributed by atoms with E-state index in [4.69, 9.17) is 4.74 Å². The fourth-order valence-corrected chi connectivity index (χ4v) is 3.41. The molecule has 0 spiro atoms. The first kappa shape index (κ1) is 16.2. The number of aromatic nitrogens is 3. The number of carbonyl (C=O) groups excluding carboxylic acids is 1. The van der Waals surface area contributed by atoms with E-state index in [2.05, 4.69) is 20.5 Å². The van der Waals surface area contributed by atoms with Crippen LogP contribution < -0.4 is 5.32 Å². The average Bonchev–Trinajstić information content (AvgIpc) is 3.02. The van der Waals surface area contributed by atoms with Gasteiger partial charge in [-0.2, -0.15) is 5.10 Å². The Morgan fingerprint density at radius 2 is 2.22 bits per heavy atom. The van der Waals surface area contributed by atoms with E-state index in [9.17, 15) is 4.79 Å². The maximum Gasteiger partial charge on any atom is 0.317 e. The molecular formula is C16H27N5O2. The normalized spacial score (nSPS) is 23.0. The largest absolute Gasteiger partial charge is 0.381 e. The van der Waals surface area contributed by atoms with Crippen LogP contribution in [-0.4, -0.2) is 59.0 Å². The van der Waals surface area contributed by atoms with Crippen LogP contribution in [0.2, 0.25) is 0 Å². The van der Waals surface area contributed by atoms with Gasteiger partial charge >= 0.3 is 6.03 Å². The van der Waals surface area contributed by atoms with E-state index < -0.39 is 0 Å². The molecule has 0 unspecified atom stereocenters. The lowest BCUT2D eigenvalue weighted by molar-refractivity contribution is 0.0518. The fourth-order valence-electron chi connectivity index (χ4n) is 3.41. The Morgan fingerprint density at radius 3 is 2.87 bits per heavy atom. The third-order valence-corrected chi connectivity index (χ3v) is 4.85. The molecule has 7 heteroatoms. The van der Waals surface area contributed by atoms with Crippen LogP contribution in [0.1, 0.15) is 49.7 Å². The van der Waals surface area contributed by atoms with E-state index in [0.717, 1.165) is 70.2 Å². The van der Waals surface area contributed by atoms with Crippen molar-refractivity contribution in [1.29, 1.82) is 0 Å². The van der Waals surface area contributed by atoms with Gasteiger partial charge in [0, 0.05) is 38.8 Å². The molecule has 2 amide bonds. The summed E-state index contributed by atoms with van der Waals surface area (Å²) in [6, 6.07) is 0.0614. The number of hydrogen-bond acceptors (Lipinski definition) is 4. The molecule has 1 atom stereocenters. The molecule has 2 aliphatic rings. The van der Waals surface area contributed by atoms with Crippen molar-refractivity contribution in [3.63, 3.8) is 0 Å². The van der Waals surface area contributed by atoms with Gasteiger partial charge in [0.15, 0.2) is 5.82 Å². The van der Waals surface area contributed by atoms with Crippen LogP contribution in [0.25, 0.3) is 0 Å². The summed E-state index contributed by atoms with van der Waals surface area (Å²) < 4.78 is 5.47. The third kappa shape index (κ3) is 4.43. The van der Waals surface area contributed by atoms with Crippen LogP contribution in [0.3, 0.4) is 0 Å². The van der Waals surface area contributed by atoms with Crippen molar-refractivity contribution in [2.75, 3.05) is 32.8 Å². The second-order valence-electron chi connectivity index (χ2n) is 6.64. The predicted octanol–water partition coefficient (Wildman–Crippen LogP) is 1.82. The summed E-state index contributed by atoms with van der Waals surface area (Å²) >= 11 is 0. The lowest BCUT2D eigenvalue weighted by atomic mass is 9.96. The summed E-state index contributed by atoms with van der Waals surface area (Å²) in [5, 5.41) is 10.2. The van der Waals surface area contributed by atoms with Crippen LogP contribution in [0.4, 0.5) is 4.79 Å². The number of nitrogens with zero attached hydrogens (tertiary/aromatic N) is 3. The molecule has 7 nitrogen and oxygen atoms in total. The molecule has 2 saturated heterocycles. The molecule has 2 fully saturated rings. The highest BCUT2D eigenvalue weighted by Crippen LogP contribution is 2.25. The summed E-state index contributed by atoms with van der Waals surface area (Å²) in [5.41, 5.74) is 0. The number of urea groups is 1. The highest BCUT2D eigenvalue weighted by Gasteiger charge is 2.26. The van der Waals surface area contributed by atoms with Gasteiger partial charge in [0.25, 0.3) is 0 Å². The van der Waals surface area contributed by atoms with Crippen LogP contribution in [0.15, 0.2) is 0 Å². The van der Waals surface area contributed by atoms with Gasteiger partial charge in [0.05, 0.1) is 0 Å². The predicted molar refractivity (Wildman–Crippen MR) is 86.2 cm³/mol. The Morgan fingerprint density at radius 1 is 1.39 bits per heavy atom. The number of nitrogens with one attached hydrogen (secondary N) is 2. The van der Waals surface area contributed by atoms with Crippen molar-refractivity contribution < 1.29 is 9.53 Å². The van der Waals surface area contributed by atoms with Gasteiger partial charge in [-0.3, -0.25) is 5.10 Å². The Kier molecular flexibility index (Phi) is 5.48. The number of likely N-dealkylation sites (tertiary alicyclic amines) is 1. The SMILES string of the molecule is Cc1nc(C2CCN(C(=O)NCC[C@H]3CCCOC3)CC2)n[nH]1. The Labute approximate surface area is 137 Å². The van der Waals surface area contributed by atoms with Gasteiger partial charge in [-0.15, -0.1) is 0 Å². The topological polar surface area (TPSA) is 83.1 Å². The fraction of sp³-hybridized carbons (Fsp3) is 0.812. The highest BCUT2D eigenvalue weighted by molar-refractivity contribution is 5.74. The van der Waals surface area contributed by atoms with Gasteiger partial charge in [-0.05, 0) is 44.9 Å². The number of aromatic amines is 1. The maximum atomic E-state index is 12.2. The van der Waals surface area contributed by atoms with E-state index in [0.29, 0.717) is 11.8 Å². The molecule has 2 aliphatic heterocycles. The monoisotopic (exact) mass is 321 g/mol. The molecular weight excluding hydrogens is 294 g/mol. The van der Waals surface area contributed by atoms with E-state index in [1.54, 1.807) is 0 Å². The number of carbonyl (C=O) groups is 1. The molecule has 0 saturated carbocycles. The molecule has 1 aromatic heterocycles. The summed E-state index contributed by atoms with van der Waals surface area (Å²) in [6.07, 6.45) is 5.24. The molecule has 0 aliphatic carbocycles. The van der Waals surface area contributed by atoms with E-state index in [1.807, 2.05) is 11.8 Å². The average molecular weight is 321 g/mol. The Balaban J connectivity index is 1.36. The van der Waals surface area contributed by atoms with Gasteiger partial charge < -0.3 is 15.0 Å². The molecule has 0 bridgehead atoms. The Hall–Kier alpha value is -1.63. The summed E-state index contributed by atoms with van der Waals surface area (Å²) in [5.74, 6) is 2.71. The highest BCUT2D eigenvalue weighted by atomic mass is 16.5. The first-order valence-corrected chi connectivity index (χ1v) is 8.72. The van der Waals surface area contributed by atoms with E-state index in [-0.39, 0.29) is 6.03 Å². The van der Waals surface area contributed by atoms with Crippen molar-refractivity contribution >= 4 is 6.03 Å². The minimum absolute atomic E-state index is 0.0614. The number of rotatable bonds is 4. The minimum atomic E-state index is 0.0614. The lowest BCUT2D eigenvalue weighted by Crippen LogP contribution is -2.44. The van der Waals surface area contributed by atoms with Crippen molar-refractivity contribution in [3.05, 3.63) is 11.6 Å². The zero-order valence-corrected chi connectivity index (χ0v) is 13.9. The van der Waals surface area contributed by atoms with Gasteiger partial charge in [-0.1, -0.05) is 0 Å². The standard InChI is InChI=1S/C16H27N5O2/c1-12-18-15(20-19-12)14-5-8-21(9-6-14)16(22)17-7-4-13-3-2-10-23-11-13/h13-14H,2-11H2,1H3,(H,17,22)(H,18,19,20)/t13-/m1/s1. The zero-order chi connectivity index (χ0) is 16.1. The van der Waals surface area contributed by atoms with Gasteiger partial charge in [0.2, 0.25) is 0 Å². The first-order valence-electron chi connectivity index (χ1n) is 8.72. The van der Waals surface area contributed by atoms with Crippen molar-refractivity contribution in [3.8, 4) is 0 Å². The number of ether oxygens (including phenoxy) is 1. The molecule has 2 N–H and O–H groups in total. The minimum Gasteiger partial charge on any atom is -0.381 e. The lowest BCUT2D eigenvalue weighted by Gasteiger charge is -2.31.